The van der Waals surface area contributed by atoms with Gasteiger partial charge in [0.15, 0.2) is 0 Å². The summed E-state index contributed by atoms with van der Waals surface area (Å²) in [7, 11) is 0. The zero-order chi connectivity index (χ0) is 13.1. The van der Waals surface area contributed by atoms with Gasteiger partial charge in [-0.2, -0.15) is 4.98 Å². The Kier molecular flexibility index (Phi) is 3.74. The zero-order valence-corrected chi connectivity index (χ0v) is 10.2. The van der Waals surface area contributed by atoms with Gasteiger partial charge in [-0.05, 0) is 24.6 Å². The Bertz CT molecular complexity index is 570. The van der Waals surface area contributed by atoms with Gasteiger partial charge in [-0.1, -0.05) is 22.8 Å². The first-order valence-corrected chi connectivity index (χ1v) is 5.65. The van der Waals surface area contributed by atoms with Crippen LogP contribution in [0.2, 0.25) is 5.02 Å². The lowest BCUT2D eigenvalue weighted by atomic mass is 10.2. The van der Waals surface area contributed by atoms with Crippen LogP contribution >= 0.6 is 11.6 Å². The van der Waals surface area contributed by atoms with Gasteiger partial charge < -0.3 is 10.3 Å². The van der Waals surface area contributed by atoms with Gasteiger partial charge in [0, 0.05) is 5.56 Å². The van der Waals surface area contributed by atoms with Gasteiger partial charge in [0.2, 0.25) is 11.7 Å². The molecule has 0 radical (unpaired) electrons. The highest BCUT2D eigenvalue weighted by Crippen LogP contribution is 2.27. The lowest BCUT2D eigenvalue weighted by Gasteiger charge is -2.00. The van der Waals surface area contributed by atoms with E-state index >= 15 is 0 Å². The van der Waals surface area contributed by atoms with E-state index in [4.69, 9.17) is 21.9 Å². The van der Waals surface area contributed by atoms with E-state index in [2.05, 4.69) is 16.7 Å². The van der Waals surface area contributed by atoms with Crippen molar-refractivity contribution in [3.8, 4) is 11.4 Å². The molecule has 1 atom stereocenters. The van der Waals surface area contributed by atoms with Crippen LogP contribution in [0.25, 0.3) is 11.4 Å². The summed E-state index contributed by atoms with van der Waals surface area (Å²) in [5.41, 5.74) is 6.30. The Morgan fingerprint density at radius 1 is 1.56 bits per heavy atom. The van der Waals surface area contributed by atoms with Crippen molar-refractivity contribution in [3.63, 3.8) is 0 Å². The average molecular weight is 268 g/mol. The average Bonchev–Trinajstić information content (AvgIpc) is 2.78. The summed E-state index contributed by atoms with van der Waals surface area (Å²) in [6.07, 6.45) is 2.19. The molecule has 0 aliphatic rings. The van der Waals surface area contributed by atoms with Gasteiger partial charge in [0.25, 0.3) is 0 Å². The van der Waals surface area contributed by atoms with Crippen LogP contribution in [0.5, 0.6) is 0 Å². The topological polar surface area (TPSA) is 64.9 Å². The van der Waals surface area contributed by atoms with Crippen LogP contribution in [0, 0.1) is 5.82 Å². The van der Waals surface area contributed by atoms with Crippen molar-refractivity contribution in [3.05, 3.63) is 47.6 Å². The standard InChI is InChI=1S/C12H11ClFN3O/c1-2-3-10(15)12-16-11(17-18-12)8-5-4-7(14)6-9(8)13/h2,4-6,10H,1,3,15H2. The minimum Gasteiger partial charge on any atom is -0.337 e. The van der Waals surface area contributed by atoms with Crippen molar-refractivity contribution in [1.29, 1.82) is 0 Å². The van der Waals surface area contributed by atoms with E-state index in [0.29, 0.717) is 17.9 Å². The number of nitrogens with zero attached hydrogens (tertiary/aromatic N) is 2. The molecular weight excluding hydrogens is 257 g/mol. The molecule has 0 amide bonds. The maximum absolute atomic E-state index is 12.9. The molecule has 0 fully saturated rings. The summed E-state index contributed by atoms with van der Waals surface area (Å²) in [5, 5.41) is 3.99. The van der Waals surface area contributed by atoms with Crippen LogP contribution < -0.4 is 5.73 Å². The molecule has 6 heteroatoms. The minimum atomic E-state index is -0.421. The molecule has 2 rings (SSSR count). The second-order valence-corrected chi connectivity index (χ2v) is 4.12. The molecule has 0 aliphatic heterocycles. The number of hydrogen-bond acceptors (Lipinski definition) is 4. The molecule has 2 aromatic rings. The number of halogens is 2. The molecule has 0 aliphatic carbocycles. The molecule has 1 aromatic heterocycles. The quantitative estimate of drug-likeness (QED) is 0.865. The third-order valence-corrected chi connectivity index (χ3v) is 2.66. The van der Waals surface area contributed by atoms with Crippen LogP contribution in [0.4, 0.5) is 4.39 Å². The van der Waals surface area contributed by atoms with Crippen LogP contribution in [0.3, 0.4) is 0 Å². The molecule has 1 unspecified atom stereocenters. The Labute approximate surface area is 108 Å². The van der Waals surface area contributed by atoms with Crippen LogP contribution in [-0.4, -0.2) is 10.1 Å². The van der Waals surface area contributed by atoms with E-state index in [0.717, 1.165) is 0 Å². The Balaban J connectivity index is 2.32. The Morgan fingerprint density at radius 2 is 2.33 bits per heavy atom. The van der Waals surface area contributed by atoms with Crippen molar-refractivity contribution in [2.45, 2.75) is 12.5 Å². The third kappa shape index (κ3) is 2.57. The number of hydrogen-bond donors (Lipinski definition) is 1. The highest BCUT2D eigenvalue weighted by atomic mass is 35.5. The second kappa shape index (κ2) is 5.29. The molecule has 0 saturated carbocycles. The Morgan fingerprint density at radius 3 is 3.00 bits per heavy atom. The van der Waals surface area contributed by atoms with Gasteiger partial charge in [0.1, 0.15) is 5.82 Å². The van der Waals surface area contributed by atoms with Gasteiger partial charge in [-0.3, -0.25) is 0 Å². The summed E-state index contributed by atoms with van der Waals surface area (Å²) >= 11 is 5.90. The maximum Gasteiger partial charge on any atom is 0.244 e. The number of nitrogens with two attached hydrogens (primary N) is 1. The maximum atomic E-state index is 12.9. The first-order valence-electron chi connectivity index (χ1n) is 5.27. The Hall–Kier alpha value is -1.72. The van der Waals surface area contributed by atoms with E-state index in [1.165, 1.54) is 18.2 Å². The van der Waals surface area contributed by atoms with Gasteiger partial charge in [-0.15, -0.1) is 6.58 Å². The zero-order valence-electron chi connectivity index (χ0n) is 9.44. The van der Waals surface area contributed by atoms with Gasteiger partial charge >= 0.3 is 0 Å². The molecule has 2 N–H and O–H groups in total. The normalized spacial score (nSPS) is 12.4. The molecule has 4 nitrogen and oxygen atoms in total. The van der Waals surface area contributed by atoms with Crippen LogP contribution in [0.15, 0.2) is 35.4 Å². The fraction of sp³-hybridized carbons (Fsp3) is 0.167. The predicted octanol–water partition coefficient (Wildman–Crippen LogP) is 3.11. The molecular formula is C12H11ClFN3O. The predicted molar refractivity (Wildman–Crippen MR) is 66.4 cm³/mol. The summed E-state index contributed by atoms with van der Waals surface area (Å²) < 4.78 is 17.9. The molecule has 1 heterocycles. The first-order chi connectivity index (χ1) is 8.61. The van der Waals surface area contributed by atoms with E-state index in [1.807, 2.05) is 0 Å². The smallest absolute Gasteiger partial charge is 0.244 e. The van der Waals surface area contributed by atoms with Crippen LogP contribution in [-0.2, 0) is 0 Å². The molecule has 0 saturated heterocycles. The highest BCUT2D eigenvalue weighted by Gasteiger charge is 2.16. The van der Waals surface area contributed by atoms with Crippen molar-refractivity contribution in [2.24, 2.45) is 5.73 Å². The molecule has 0 spiro atoms. The van der Waals surface area contributed by atoms with E-state index in [9.17, 15) is 4.39 Å². The number of benzene rings is 1. The lowest BCUT2D eigenvalue weighted by Crippen LogP contribution is -2.09. The number of aromatic nitrogens is 2. The summed E-state index contributed by atoms with van der Waals surface area (Å²) in [6.45, 7) is 3.58. The second-order valence-electron chi connectivity index (χ2n) is 3.71. The van der Waals surface area contributed by atoms with E-state index in [-0.39, 0.29) is 10.8 Å². The van der Waals surface area contributed by atoms with Crippen molar-refractivity contribution in [1.82, 2.24) is 10.1 Å². The summed E-state index contributed by atoms with van der Waals surface area (Å²) in [5.74, 6) is 0.163. The fourth-order valence-electron chi connectivity index (χ4n) is 1.45. The monoisotopic (exact) mass is 267 g/mol. The van der Waals surface area contributed by atoms with Crippen molar-refractivity contribution in [2.75, 3.05) is 0 Å². The fourth-order valence-corrected chi connectivity index (χ4v) is 1.70. The van der Waals surface area contributed by atoms with Crippen LogP contribution in [0.1, 0.15) is 18.4 Å². The summed E-state index contributed by atoms with van der Waals surface area (Å²) in [6, 6.07) is 3.56. The van der Waals surface area contributed by atoms with Crippen molar-refractivity contribution >= 4 is 11.6 Å². The number of rotatable bonds is 4. The third-order valence-electron chi connectivity index (χ3n) is 2.35. The minimum absolute atomic E-state index is 0.222. The first kappa shape index (κ1) is 12.7. The van der Waals surface area contributed by atoms with E-state index < -0.39 is 11.9 Å². The van der Waals surface area contributed by atoms with Gasteiger partial charge in [0.05, 0.1) is 11.1 Å². The summed E-state index contributed by atoms with van der Waals surface area (Å²) in [4.78, 5) is 4.13. The van der Waals surface area contributed by atoms with E-state index in [1.54, 1.807) is 6.08 Å². The SMILES string of the molecule is C=CCC(N)c1nc(-c2ccc(F)cc2Cl)no1. The molecule has 1 aromatic carbocycles. The highest BCUT2D eigenvalue weighted by molar-refractivity contribution is 6.33. The largest absolute Gasteiger partial charge is 0.337 e. The molecule has 18 heavy (non-hydrogen) atoms. The van der Waals surface area contributed by atoms with Gasteiger partial charge in [-0.25, -0.2) is 4.39 Å². The lowest BCUT2D eigenvalue weighted by molar-refractivity contribution is 0.356. The van der Waals surface area contributed by atoms with Crippen molar-refractivity contribution < 1.29 is 8.91 Å². The molecule has 94 valence electrons. The molecule has 0 bridgehead atoms.